The summed E-state index contributed by atoms with van der Waals surface area (Å²) in [4.78, 5) is 6.14. The Morgan fingerprint density at radius 3 is 2.75 bits per heavy atom. The molecular formula is C21H34N6S. The molecular weight excluding hydrogens is 368 g/mol. The van der Waals surface area contributed by atoms with E-state index in [4.69, 9.17) is 4.99 Å². The molecule has 0 radical (unpaired) electrons. The van der Waals surface area contributed by atoms with Gasteiger partial charge in [-0.05, 0) is 43.6 Å². The molecule has 0 bridgehead atoms. The van der Waals surface area contributed by atoms with Gasteiger partial charge in [-0.25, -0.2) is 4.99 Å². The van der Waals surface area contributed by atoms with Crippen molar-refractivity contribution < 1.29 is 0 Å². The molecule has 1 aliphatic carbocycles. The fourth-order valence-corrected chi connectivity index (χ4v) is 4.45. The van der Waals surface area contributed by atoms with Gasteiger partial charge in [0, 0.05) is 25.0 Å². The zero-order valence-corrected chi connectivity index (χ0v) is 18.1. The Balaban J connectivity index is 1.47. The molecule has 1 saturated carbocycles. The number of nitrogens with zero attached hydrogens (tertiary/aromatic N) is 4. The molecule has 154 valence electrons. The molecule has 0 atom stereocenters. The second kappa shape index (κ2) is 11.2. The van der Waals surface area contributed by atoms with Crippen LogP contribution >= 0.6 is 11.3 Å². The van der Waals surface area contributed by atoms with Gasteiger partial charge in [0.1, 0.15) is 12.4 Å². The van der Waals surface area contributed by atoms with Gasteiger partial charge in [0.15, 0.2) is 11.8 Å². The van der Waals surface area contributed by atoms with Crippen LogP contribution in [0.5, 0.6) is 0 Å². The summed E-state index contributed by atoms with van der Waals surface area (Å²) in [5.41, 5.74) is 0. The Morgan fingerprint density at radius 1 is 1.21 bits per heavy atom. The predicted octanol–water partition coefficient (Wildman–Crippen LogP) is 3.82. The quantitative estimate of drug-likeness (QED) is 0.380. The van der Waals surface area contributed by atoms with Crippen LogP contribution in [0.2, 0.25) is 0 Å². The van der Waals surface area contributed by atoms with Gasteiger partial charge in [-0.15, -0.1) is 21.5 Å². The highest BCUT2D eigenvalue weighted by Gasteiger charge is 2.12. The lowest BCUT2D eigenvalue weighted by molar-refractivity contribution is 0.332. The van der Waals surface area contributed by atoms with Crippen molar-refractivity contribution in [2.75, 3.05) is 13.1 Å². The Labute approximate surface area is 172 Å². The molecule has 1 fully saturated rings. The maximum atomic E-state index is 4.75. The molecule has 0 amide bonds. The minimum Gasteiger partial charge on any atom is -0.356 e. The van der Waals surface area contributed by atoms with Crippen molar-refractivity contribution in [3.8, 4) is 0 Å². The maximum Gasteiger partial charge on any atom is 0.191 e. The van der Waals surface area contributed by atoms with Crippen molar-refractivity contribution in [1.29, 1.82) is 0 Å². The molecule has 2 N–H and O–H groups in total. The van der Waals surface area contributed by atoms with Gasteiger partial charge < -0.3 is 15.2 Å². The summed E-state index contributed by atoms with van der Waals surface area (Å²) >= 11 is 1.80. The number of hydrogen-bond acceptors (Lipinski definition) is 4. The molecule has 6 nitrogen and oxygen atoms in total. The van der Waals surface area contributed by atoms with E-state index in [0.717, 1.165) is 43.0 Å². The minimum atomic E-state index is 0.536. The van der Waals surface area contributed by atoms with Gasteiger partial charge in [0.05, 0.1) is 0 Å². The van der Waals surface area contributed by atoms with E-state index < -0.39 is 0 Å². The van der Waals surface area contributed by atoms with E-state index in [9.17, 15) is 0 Å². The average molecular weight is 403 g/mol. The second-order valence-corrected chi connectivity index (χ2v) is 8.75. The number of aryl methyl sites for hydroxylation is 1. The van der Waals surface area contributed by atoms with E-state index in [1.807, 2.05) is 18.5 Å². The highest BCUT2D eigenvalue weighted by molar-refractivity contribution is 7.09. The van der Waals surface area contributed by atoms with Crippen molar-refractivity contribution in [2.24, 2.45) is 18.0 Å². The van der Waals surface area contributed by atoms with Crippen LogP contribution in [0, 0.1) is 12.8 Å². The van der Waals surface area contributed by atoms with Crippen molar-refractivity contribution in [3.63, 3.8) is 0 Å². The molecule has 2 aromatic rings. The zero-order chi connectivity index (χ0) is 19.6. The number of guanidine groups is 1. The molecule has 0 spiro atoms. The lowest BCUT2D eigenvalue weighted by Crippen LogP contribution is -2.39. The summed E-state index contributed by atoms with van der Waals surface area (Å²) in [6, 6.07) is 4.29. The fourth-order valence-electron chi connectivity index (χ4n) is 3.75. The lowest BCUT2D eigenvalue weighted by atomic mass is 9.86. The summed E-state index contributed by atoms with van der Waals surface area (Å²) in [5.74, 6) is 3.61. The summed E-state index contributed by atoms with van der Waals surface area (Å²) < 4.78 is 2.00. The first-order valence-corrected chi connectivity index (χ1v) is 11.5. The number of rotatable bonds is 9. The van der Waals surface area contributed by atoms with Crippen molar-refractivity contribution >= 4 is 17.3 Å². The Bertz CT molecular complexity index is 715. The number of aliphatic imine (C=N–C) groups is 1. The molecule has 1 aliphatic rings. The van der Waals surface area contributed by atoms with E-state index in [0.29, 0.717) is 6.54 Å². The Kier molecular flexibility index (Phi) is 8.33. The first-order chi connectivity index (χ1) is 13.7. The van der Waals surface area contributed by atoms with E-state index in [1.54, 1.807) is 11.3 Å². The largest absolute Gasteiger partial charge is 0.356 e. The third-order valence-corrected chi connectivity index (χ3v) is 6.55. The smallest absolute Gasteiger partial charge is 0.191 e. The molecule has 0 aromatic carbocycles. The SMILES string of the molecule is Cc1nnc(CN=C(NCCCC2CCCCC2)NCCc2cccs2)n1C. The highest BCUT2D eigenvalue weighted by Crippen LogP contribution is 2.26. The van der Waals surface area contributed by atoms with E-state index in [2.05, 4.69) is 38.3 Å². The van der Waals surface area contributed by atoms with Crippen molar-refractivity contribution in [2.45, 2.75) is 64.8 Å². The highest BCUT2D eigenvalue weighted by atomic mass is 32.1. The van der Waals surface area contributed by atoms with Crippen molar-refractivity contribution in [3.05, 3.63) is 34.0 Å². The summed E-state index contributed by atoms with van der Waals surface area (Å²) in [6.45, 7) is 4.35. The van der Waals surface area contributed by atoms with Crippen LogP contribution in [-0.2, 0) is 20.0 Å². The molecule has 3 rings (SSSR count). The summed E-state index contributed by atoms with van der Waals surface area (Å²) in [7, 11) is 1.99. The van der Waals surface area contributed by atoms with E-state index in [-0.39, 0.29) is 0 Å². The monoisotopic (exact) mass is 402 g/mol. The predicted molar refractivity (Wildman–Crippen MR) is 117 cm³/mol. The average Bonchev–Trinajstić information content (AvgIpc) is 3.34. The van der Waals surface area contributed by atoms with Crippen LogP contribution in [0.1, 0.15) is 61.5 Å². The van der Waals surface area contributed by atoms with Crippen LogP contribution in [0.25, 0.3) is 0 Å². The van der Waals surface area contributed by atoms with Crippen LogP contribution < -0.4 is 10.6 Å². The first-order valence-electron chi connectivity index (χ1n) is 10.6. The topological polar surface area (TPSA) is 67.1 Å². The second-order valence-electron chi connectivity index (χ2n) is 7.72. The third kappa shape index (κ3) is 6.62. The molecule has 0 unspecified atom stereocenters. The first kappa shape index (κ1) is 20.8. The maximum absolute atomic E-state index is 4.75. The third-order valence-electron chi connectivity index (χ3n) is 5.61. The summed E-state index contributed by atoms with van der Waals surface area (Å²) in [5, 5.41) is 17.5. The normalized spacial score (nSPS) is 15.7. The van der Waals surface area contributed by atoms with Gasteiger partial charge in [-0.3, -0.25) is 0 Å². The number of aromatic nitrogens is 3. The molecule has 0 saturated heterocycles. The van der Waals surface area contributed by atoms with Gasteiger partial charge in [-0.1, -0.05) is 38.2 Å². The van der Waals surface area contributed by atoms with Gasteiger partial charge >= 0.3 is 0 Å². The van der Waals surface area contributed by atoms with Crippen LogP contribution in [0.15, 0.2) is 22.5 Å². The Morgan fingerprint density at radius 2 is 2.04 bits per heavy atom. The lowest BCUT2D eigenvalue weighted by Gasteiger charge is -2.21. The van der Waals surface area contributed by atoms with Gasteiger partial charge in [-0.2, -0.15) is 0 Å². The zero-order valence-electron chi connectivity index (χ0n) is 17.3. The number of nitrogens with one attached hydrogen (secondary N) is 2. The van der Waals surface area contributed by atoms with Gasteiger partial charge in [0.2, 0.25) is 0 Å². The molecule has 7 heteroatoms. The van der Waals surface area contributed by atoms with Crippen molar-refractivity contribution in [1.82, 2.24) is 25.4 Å². The fraction of sp³-hybridized carbons (Fsp3) is 0.667. The van der Waals surface area contributed by atoms with Crippen LogP contribution in [0.3, 0.4) is 0 Å². The molecule has 0 aliphatic heterocycles. The van der Waals surface area contributed by atoms with E-state index >= 15 is 0 Å². The Hall–Kier alpha value is -1.89. The standard InChI is InChI=1S/C21H34N6S/c1-17-25-26-20(27(17)2)16-24-21(23-14-12-19-11-7-15-28-19)22-13-6-10-18-8-4-3-5-9-18/h7,11,15,18H,3-6,8-10,12-14,16H2,1-2H3,(H2,22,23,24). The number of thiophene rings is 1. The van der Waals surface area contributed by atoms with E-state index in [1.165, 1.54) is 49.8 Å². The number of hydrogen-bond donors (Lipinski definition) is 2. The summed E-state index contributed by atoms with van der Waals surface area (Å²) in [6.07, 6.45) is 10.7. The minimum absolute atomic E-state index is 0.536. The van der Waals surface area contributed by atoms with Crippen LogP contribution in [-0.4, -0.2) is 33.8 Å². The van der Waals surface area contributed by atoms with Crippen LogP contribution in [0.4, 0.5) is 0 Å². The molecule has 28 heavy (non-hydrogen) atoms. The molecule has 2 aromatic heterocycles. The molecule has 2 heterocycles. The van der Waals surface area contributed by atoms with Gasteiger partial charge in [0.25, 0.3) is 0 Å².